The fourth-order valence-corrected chi connectivity index (χ4v) is 2.77. The third-order valence-electron chi connectivity index (χ3n) is 4.19. The Morgan fingerprint density at radius 1 is 1.40 bits per heavy atom. The highest BCUT2D eigenvalue weighted by Gasteiger charge is 2.30. The standard InChI is InChI=1S/C17H24O3/c1-11(16(18)19)13-6-5-9-20-15-8-7-12(10-14(13)15)17(2,3)4/h7-8,10-11,13H,5-6,9H2,1-4H3,(H,18,19). The topological polar surface area (TPSA) is 46.5 Å². The van der Waals surface area contributed by atoms with E-state index in [2.05, 4.69) is 32.9 Å². The van der Waals surface area contributed by atoms with Crippen molar-refractivity contribution in [3.8, 4) is 5.75 Å². The molecule has 2 rings (SSSR count). The second-order valence-electron chi connectivity index (χ2n) is 6.73. The van der Waals surface area contributed by atoms with Crippen LogP contribution in [0.3, 0.4) is 0 Å². The highest BCUT2D eigenvalue weighted by molar-refractivity contribution is 5.71. The zero-order valence-electron chi connectivity index (χ0n) is 12.8. The predicted molar refractivity (Wildman–Crippen MR) is 79.4 cm³/mol. The van der Waals surface area contributed by atoms with Crippen molar-refractivity contribution in [2.75, 3.05) is 6.61 Å². The number of rotatable bonds is 2. The van der Waals surface area contributed by atoms with Crippen LogP contribution >= 0.6 is 0 Å². The molecule has 0 spiro atoms. The highest BCUT2D eigenvalue weighted by atomic mass is 16.5. The van der Waals surface area contributed by atoms with Gasteiger partial charge in [0.1, 0.15) is 5.75 Å². The van der Waals surface area contributed by atoms with Gasteiger partial charge in [0.15, 0.2) is 0 Å². The molecule has 0 saturated heterocycles. The van der Waals surface area contributed by atoms with Crippen LogP contribution < -0.4 is 4.74 Å². The van der Waals surface area contributed by atoms with Crippen LogP contribution in [0.4, 0.5) is 0 Å². The summed E-state index contributed by atoms with van der Waals surface area (Å²) in [4.78, 5) is 11.4. The van der Waals surface area contributed by atoms with E-state index in [1.54, 1.807) is 6.92 Å². The third-order valence-corrected chi connectivity index (χ3v) is 4.19. The number of hydrogen-bond acceptors (Lipinski definition) is 2. The maximum Gasteiger partial charge on any atom is 0.306 e. The lowest BCUT2D eigenvalue weighted by Gasteiger charge is -2.25. The fraction of sp³-hybridized carbons (Fsp3) is 0.588. The van der Waals surface area contributed by atoms with Crippen LogP contribution in [0.2, 0.25) is 0 Å². The molecule has 3 nitrogen and oxygen atoms in total. The molecule has 0 aromatic heterocycles. The molecular formula is C17H24O3. The van der Waals surface area contributed by atoms with Crippen LogP contribution in [0.25, 0.3) is 0 Å². The fourth-order valence-electron chi connectivity index (χ4n) is 2.77. The molecule has 3 heteroatoms. The molecule has 0 amide bonds. The first-order valence-corrected chi connectivity index (χ1v) is 7.30. The molecule has 1 aliphatic rings. The van der Waals surface area contributed by atoms with Gasteiger partial charge in [0, 0.05) is 5.92 Å². The lowest BCUT2D eigenvalue weighted by molar-refractivity contribution is -0.141. The molecule has 0 saturated carbocycles. The van der Waals surface area contributed by atoms with Crippen LogP contribution in [0.1, 0.15) is 57.6 Å². The SMILES string of the molecule is CC(C(=O)O)C1CCCOc2ccc(C(C)(C)C)cc21. The van der Waals surface area contributed by atoms with Gasteiger partial charge in [-0.1, -0.05) is 39.8 Å². The van der Waals surface area contributed by atoms with Crippen LogP contribution in [0.5, 0.6) is 5.75 Å². The Hall–Kier alpha value is -1.51. The Labute approximate surface area is 121 Å². The van der Waals surface area contributed by atoms with Crippen molar-refractivity contribution in [1.82, 2.24) is 0 Å². The molecule has 2 unspecified atom stereocenters. The van der Waals surface area contributed by atoms with Crippen molar-refractivity contribution in [3.63, 3.8) is 0 Å². The average Bonchev–Trinajstić information content (AvgIpc) is 2.58. The predicted octanol–water partition coefficient (Wildman–Crippen LogP) is 3.96. The van der Waals surface area contributed by atoms with E-state index >= 15 is 0 Å². The van der Waals surface area contributed by atoms with Crippen molar-refractivity contribution in [2.45, 2.75) is 51.9 Å². The summed E-state index contributed by atoms with van der Waals surface area (Å²) < 4.78 is 5.78. The van der Waals surface area contributed by atoms with E-state index in [1.165, 1.54) is 5.56 Å². The van der Waals surface area contributed by atoms with E-state index in [-0.39, 0.29) is 17.3 Å². The number of carbonyl (C=O) groups is 1. The zero-order valence-corrected chi connectivity index (χ0v) is 12.8. The number of aliphatic carboxylic acids is 1. The van der Waals surface area contributed by atoms with Gasteiger partial charge in [-0.2, -0.15) is 0 Å². The Kier molecular flexibility index (Phi) is 4.07. The number of ether oxygens (including phenoxy) is 1. The molecule has 1 aliphatic heterocycles. The van der Waals surface area contributed by atoms with Crippen LogP contribution in [-0.2, 0) is 10.2 Å². The third kappa shape index (κ3) is 2.97. The Bertz CT molecular complexity index is 499. The molecule has 1 aromatic carbocycles. The molecule has 0 radical (unpaired) electrons. The van der Waals surface area contributed by atoms with Crippen LogP contribution in [0.15, 0.2) is 18.2 Å². The quantitative estimate of drug-likeness (QED) is 0.889. The Balaban J connectivity index is 2.48. The first-order chi connectivity index (χ1) is 9.30. The molecule has 1 heterocycles. The number of benzene rings is 1. The number of hydrogen-bond donors (Lipinski definition) is 1. The number of fused-ring (bicyclic) bond motifs is 1. The van der Waals surface area contributed by atoms with Crippen molar-refractivity contribution in [3.05, 3.63) is 29.3 Å². The first kappa shape index (κ1) is 14.9. The minimum Gasteiger partial charge on any atom is -0.493 e. The second kappa shape index (κ2) is 5.47. The number of carboxylic acid groups (broad SMARTS) is 1. The van der Waals surface area contributed by atoms with Gasteiger partial charge in [0.2, 0.25) is 0 Å². The van der Waals surface area contributed by atoms with Crippen LogP contribution in [-0.4, -0.2) is 17.7 Å². The summed E-state index contributed by atoms with van der Waals surface area (Å²) in [6, 6.07) is 6.24. The molecular weight excluding hydrogens is 252 g/mol. The molecule has 0 bridgehead atoms. The molecule has 2 atom stereocenters. The van der Waals surface area contributed by atoms with Crippen LogP contribution in [0, 0.1) is 5.92 Å². The largest absolute Gasteiger partial charge is 0.493 e. The van der Waals surface area contributed by atoms with Gasteiger partial charge in [-0.15, -0.1) is 0 Å². The van der Waals surface area contributed by atoms with E-state index in [0.717, 1.165) is 24.2 Å². The molecule has 0 aliphatic carbocycles. The van der Waals surface area contributed by atoms with E-state index in [0.29, 0.717) is 6.61 Å². The summed E-state index contributed by atoms with van der Waals surface area (Å²) in [7, 11) is 0. The van der Waals surface area contributed by atoms with E-state index in [1.807, 2.05) is 6.07 Å². The highest BCUT2D eigenvalue weighted by Crippen LogP contribution is 2.40. The second-order valence-corrected chi connectivity index (χ2v) is 6.73. The Morgan fingerprint density at radius 3 is 2.70 bits per heavy atom. The minimum atomic E-state index is -0.732. The molecule has 0 fully saturated rings. The molecule has 20 heavy (non-hydrogen) atoms. The molecule has 1 aromatic rings. The smallest absolute Gasteiger partial charge is 0.306 e. The lowest BCUT2D eigenvalue weighted by atomic mass is 9.80. The summed E-state index contributed by atoms with van der Waals surface area (Å²) in [6.45, 7) is 8.97. The van der Waals surface area contributed by atoms with E-state index < -0.39 is 5.97 Å². The van der Waals surface area contributed by atoms with Gasteiger partial charge < -0.3 is 9.84 Å². The summed E-state index contributed by atoms with van der Waals surface area (Å²) in [6.07, 6.45) is 1.77. The lowest BCUT2D eigenvalue weighted by Crippen LogP contribution is -2.20. The normalized spacial score (nSPS) is 20.5. The maximum absolute atomic E-state index is 11.4. The summed E-state index contributed by atoms with van der Waals surface area (Å²) >= 11 is 0. The first-order valence-electron chi connectivity index (χ1n) is 7.30. The average molecular weight is 276 g/mol. The molecule has 1 N–H and O–H groups in total. The summed E-state index contributed by atoms with van der Waals surface area (Å²) in [5.41, 5.74) is 2.34. The maximum atomic E-state index is 11.4. The monoisotopic (exact) mass is 276 g/mol. The minimum absolute atomic E-state index is 0.0345. The van der Waals surface area contributed by atoms with Gasteiger partial charge in [-0.3, -0.25) is 4.79 Å². The summed E-state index contributed by atoms with van der Waals surface area (Å²) in [5, 5.41) is 9.34. The Morgan fingerprint density at radius 2 is 2.10 bits per heavy atom. The van der Waals surface area contributed by atoms with Gasteiger partial charge in [0.05, 0.1) is 12.5 Å². The zero-order chi connectivity index (χ0) is 14.9. The van der Waals surface area contributed by atoms with E-state index in [9.17, 15) is 9.90 Å². The van der Waals surface area contributed by atoms with Gasteiger partial charge in [-0.05, 0) is 35.4 Å². The van der Waals surface area contributed by atoms with Gasteiger partial charge in [-0.25, -0.2) is 0 Å². The van der Waals surface area contributed by atoms with Gasteiger partial charge in [0.25, 0.3) is 0 Å². The van der Waals surface area contributed by atoms with E-state index in [4.69, 9.17) is 4.74 Å². The van der Waals surface area contributed by atoms with Crippen molar-refractivity contribution in [2.24, 2.45) is 5.92 Å². The summed E-state index contributed by atoms with van der Waals surface area (Å²) in [5.74, 6) is -0.226. The van der Waals surface area contributed by atoms with Gasteiger partial charge >= 0.3 is 5.97 Å². The van der Waals surface area contributed by atoms with Crippen molar-refractivity contribution in [1.29, 1.82) is 0 Å². The molecule has 110 valence electrons. The van der Waals surface area contributed by atoms with Crippen molar-refractivity contribution < 1.29 is 14.6 Å². The van der Waals surface area contributed by atoms with Crippen molar-refractivity contribution >= 4 is 5.97 Å². The number of carboxylic acids is 1.